The molecule has 0 amide bonds. The van der Waals surface area contributed by atoms with Crippen molar-refractivity contribution >= 4 is 11.6 Å². The molecule has 3 aromatic rings. The molecule has 0 bridgehead atoms. The quantitative estimate of drug-likeness (QED) is 0.732. The zero-order valence-corrected chi connectivity index (χ0v) is 12.3. The molecule has 5 heteroatoms. The van der Waals surface area contributed by atoms with Gasteiger partial charge >= 0.3 is 0 Å². The Hall–Kier alpha value is -2.20. The van der Waals surface area contributed by atoms with Gasteiger partial charge < -0.3 is 4.52 Å². The SMILES string of the molecule is CCc1cc(-c2noc(Cc3ccc(Cl)cc3)n2)ccn1. The maximum Gasteiger partial charge on any atom is 0.231 e. The first-order valence-corrected chi connectivity index (χ1v) is 7.14. The summed E-state index contributed by atoms with van der Waals surface area (Å²) in [5, 5.41) is 4.75. The van der Waals surface area contributed by atoms with Crippen molar-refractivity contribution < 1.29 is 4.52 Å². The average molecular weight is 300 g/mol. The Balaban J connectivity index is 1.81. The van der Waals surface area contributed by atoms with Gasteiger partial charge in [0, 0.05) is 22.5 Å². The molecule has 3 rings (SSSR count). The molecule has 0 aliphatic heterocycles. The first-order valence-electron chi connectivity index (χ1n) is 6.77. The van der Waals surface area contributed by atoms with E-state index in [2.05, 4.69) is 22.0 Å². The predicted molar refractivity (Wildman–Crippen MR) is 81.2 cm³/mol. The Morgan fingerprint density at radius 2 is 1.95 bits per heavy atom. The predicted octanol–water partition coefficient (Wildman–Crippen LogP) is 3.94. The lowest BCUT2D eigenvalue weighted by atomic mass is 10.1. The highest BCUT2D eigenvalue weighted by molar-refractivity contribution is 6.30. The minimum Gasteiger partial charge on any atom is -0.339 e. The minimum atomic E-state index is 0.585. The van der Waals surface area contributed by atoms with Crippen molar-refractivity contribution in [1.29, 1.82) is 0 Å². The summed E-state index contributed by atoms with van der Waals surface area (Å²) in [4.78, 5) is 8.70. The largest absolute Gasteiger partial charge is 0.339 e. The van der Waals surface area contributed by atoms with Crippen molar-refractivity contribution in [2.75, 3.05) is 0 Å². The summed E-state index contributed by atoms with van der Waals surface area (Å²) in [5.74, 6) is 1.18. The summed E-state index contributed by atoms with van der Waals surface area (Å²) in [5.41, 5.74) is 3.02. The average Bonchev–Trinajstić information content (AvgIpc) is 2.98. The minimum absolute atomic E-state index is 0.585. The van der Waals surface area contributed by atoms with E-state index in [-0.39, 0.29) is 0 Å². The monoisotopic (exact) mass is 299 g/mol. The lowest BCUT2D eigenvalue weighted by molar-refractivity contribution is 0.385. The van der Waals surface area contributed by atoms with Crippen LogP contribution in [0.4, 0.5) is 0 Å². The molecular weight excluding hydrogens is 286 g/mol. The Labute approximate surface area is 127 Å². The molecule has 1 aromatic carbocycles. The van der Waals surface area contributed by atoms with E-state index in [1.54, 1.807) is 6.20 Å². The van der Waals surface area contributed by atoms with Crippen molar-refractivity contribution in [2.24, 2.45) is 0 Å². The summed E-state index contributed by atoms with van der Waals surface area (Å²) in [6, 6.07) is 11.5. The van der Waals surface area contributed by atoms with Crippen molar-refractivity contribution in [1.82, 2.24) is 15.1 Å². The number of pyridine rings is 1. The maximum atomic E-state index is 5.87. The van der Waals surface area contributed by atoms with Crippen LogP contribution < -0.4 is 0 Å². The van der Waals surface area contributed by atoms with Crippen LogP contribution in [-0.2, 0) is 12.8 Å². The third kappa shape index (κ3) is 3.28. The molecule has 0 radical (unpaired) electrons. The fraction of sp³-hybridized carbons (Fsp3) is 0.188. The molecule has 0 saturated carbocycles. The number of hydrogen-bond acceptors (Lipinski definition) is 4. The molecular formula is C16H14ClN3O. The molecule has 106 valence electrons. The number of benzene rings is 1. The fourth-order valence-corrected chi connectivity index (χ4v) is 2.16. The highest BCUT2D eigenvalue weighted by Gasteiger charge is 2.10. The van der Waals surface area contributed by atoms with Crippen molar-refractivity contribution in [3.8, 4) is 11.4 Å². The van der Waals surface area contributed by atoms with Gasteiger partial charge in [-0.1, -0.05) is 35.8 Å². The van der Waals surface area contributed by atoms with Gasteiger partial charge in [-0.3, -0.25) is 4.98 Å². The topological polar surface area (TPSA) is 51.8 Å². The third-order valence-corrected chi connectivity index (χ3v) is 3.43. The van der Waals surface area contributed by atoms with Crippen LogP contribution in [0.3, 0.4) is 0 Å². The Morgan fingerprint density at radius 3 is 2.71 bits per heavy atom. The van der Waals surface area contributed by atoms with Gasteiger partial charge in [-0.25, -0.2) is 0 Å². The first kappa shape index (κ1) is 13.8. The summed E-state index contributed by atoms with van der Waals surface area (Å²) in [7, 11) is 0. The standard InChI is InChI=1S/C16H14ClN3O/c1-2-14-10-12(7-8-18-14)16-19-15(21-20-16)9-11-3-5-13(17)6-4-11/h3-8,10H,2,9H2,1H3. The number of aryl methyl sites for hydroxylation is 1. The Morgan fingerprint density at radius 1 is 1.14 bits per heavy atom. The van der Waals surface area contributed by atoms with Crippen LogP contribution in [0.2, 0.25) is 5.02 Å². The van der Waals surface area contributed by atoms with E-state index >= 15 is 0 Å². The van der Waals surface area contributed by atoms with E-state index in [1.165, 1.54) is 0 Å². The number of rotatable bonds is 4. The molecule has 0 fully saturated rings. The lowest BCUT2D eigenvalue weighted by Crippen LogP contribution is -1.90. The van der Waals surface area contributed by atoms with Crippen LogP contribution in [0.5, 0.6) is 0 Å². The molecule has 0 aliphatic rings. The van der Waals surface area contributed by atoms with Gasteiger partial charge in [0.15, 0.2) is 0 Å². The third-order valence-electron chi connectivity index (χ3n) is 3.17. The van der Waals surface area contributed by atoms with E-state index in [0.29, 0.717) is 23.2 Å². The van der Waals surface area contributed by atoms with Crippen LogP contribution in [0.1, 0.15) is 24.1 Å². The molecule has 4 nitrogen and oxygen atoms in total. The van der Waals surface area contributed by atoms with E-state index in [9.17, 15) is 0 Å². The van der Waals surface area contributed by atoms with E-state index < -0.39 is 0 Å². The normalized spacial score (nSPS) is 10.8. The molecule has 0 unspecified atom stereocenters. The van der Waals surface area contributed by atoms with Crippen LogP contribution in [0, 0.1) is 0 Å². The number of aromatic nitrogens is 3. The molecule has 0 saturated heterocycles. The van der Waals surface area contributed by atoms with Crippen LogP contribution in [-0.4, -0.2) is 15.1 Å². The van der Waals surface area contributed by atoms with Gasteiger partial charge in [0.2, 0.25) is 11.7 Å². The summed E-state index contributed by atoms with van der Waals surface area (Å²) in [6.07, 6.45) is 3.24. The summed E-state index contributed by atoms with van der Waals surface area (Å²) in [6.45, 7) is 2.06. The Bertz CT molecular complexity index is 737. The zero-order valence-electron chi connectivity index (χ0n) is 11.6. The lowest BCUT2D eigenvalue weighted by Gasteiger charge is -1.97. The van der Waals surface area contributed by atoms with E-state index in [1.807, 2.05) is 36.4 Å². The van der Waals surface area contributed by atoms with Gasteiger partial charge in [0.1, 0.15) is 0 Å². The van der Waals surface area contributed by atoms with Crippen molar-refractivity contribution in [3.63, 3.8) is 0 Å². The Kier molecular flexibility index (Phi) is 3.97. The maximum absolute atomic E-state index is 5.87. The van der Waals surface area contributed by atoms with Crippen LogP contribution in [0.25, 0.3) is 11.4 Å². The van der Waals surface area contributed by atoms with E-state index in [4.69, 9.17) is 16.1 Å². The second kappa shape index (κ2) is 6.06. The fourth-order valence-electron chi connectivity index (χ4n) is 2.03. The van der Waals surface area contributed by atoms with Gasteiger partial charge in [-0.2, -0.15) is 4.98 Å². The van der Waals surface area contributed by atoms with Gasteiger partial charge in [0.05, 0.1) is 6.42 Å². The molecule has 21 heavy (non-hydrogen) atoms. The van der Waals surface area contributed by atoms with Crippen LogP contribution >= 0.6 is 11.6 Å². The van der Waals surface area contributed by atoms with Gasteiger partial charge in [0.25, 0.3) is 0 Å². The number of nitrogens with zero attached hydrogens (tertiary/aromatic N) is 3. The molecule has 0 atom stereocenters. The summed E-state index contributed by atoms with van der Waals surface area (Å²) < 4.78 is 5.31. The molecule has 0 aliphatic carbocycles. The van der Waals surface area contributed by atoms with Crippen molar-refractivity contribution in [2.45, 2.75) is 19.8 Å². The zero-order chi connectivity index (χ0) is 14.7. The summed E-state index contributed by atoms with van der Waals surface area (Å²) >= 11 is 5.87. The molecule has 2 heterocycles. The van der Waals surface area contributed by atoms with Crippen LogP contribution in [0.15, 0.2) is 47.1 Å². The second-order valence-electron chi connectivity index (χ2n) is 4.70. The number of halogens is 1. The van der Waals surface area contributed by atoms with E-state index in [0.717, 1.165) is 23.2 Å². The van der Waals surface area contributed by atoms with Gasteiger partial charge in [-0.15, -0.1) is 0 Å². The first-order chi connectivity index (χ1) is 10.2. The smallest absolute Gasteiger partial charge is 0.231 e. The molecule has 2 aromatic heterocycles. The van der Waals surface area contributed by atoms with Gasteiger partial charge in [-0.05, 0) is 36.2 Å². The van der Waals surface area contributed by atoms with Crippen molar-refractivity contribution in [3.05, 3.63) is 64.8 Å². The molecule has 0 spiro atoms. The molecule has 0 N–H and O–H groups in total. The highest BCUT2D eigenvalue weighted by atomic mass is 35.5. The second-order valence-corrected chi connectivity index (χ2v) is 5.14. The number of hydrogen-bond donors (Lipinski definition) is 0. The highest BCUT2D eigenvalue weighted by Crippen LogP contribution is 2.18.